The van der Waals surface area contributed by atoms with Gasteiger partial charge in [-0.2, -0.15) is 18.4 Å². The number of nitrogens with one attached hydrogen (secondary N) is 1. The van der Waals surface area contributed by atoms with Gasteiger partial charge in [-0.3, -0.25) is 9.59 Å². The molecule has 0 radical (unpaired) electrons. The van der Waals surface area contributed by atoms with Crippen molar-refractivity contribution in [1.82, 2.24) is 10.2 Å². The van der Waals surface area contributed by atoms with Crippen molar-refractivity contribution in [3.05, 3.63) is 29.6 Å². The highest BCUT2D eigenvalue weighted by Crippen LogP contribution is 2.48. The highest BCUT2D eigenvalue weighted by molar-refractivity contribution is 7.92. The molecule has 1 aliphatic heterocycles. The van der Waals surface area contributed by atoms with Crippen molar-refractivity contribution in [2.75, 3.05) is 6.54 Å². The summed E-state index contributed by atoms with van der Waals surface area (Å²) in [7, 11) is -4.69. The third kappa shape index (κ3) is 4.18. The van der Waals surface area contributed by atoms with Crippen LogP contribution in [0.15, 0.2) is 23.1 Å². The molecule has 33 heavy (non-hydrogen) atoms. The van der Waals surface area contributed by atoms with E-state index in [2.05, 4.69) is 5.32 Å². The fraction of sp³-hybridized carbons (Fsp3) is 0.571. The highest BCUT2D eigenvalue weighted by atomic mass is 32.2. The van der Waals surface area contributed by atoms with E-state index in [0.29, 0.717) is 37.8 Å². The molecular formula is C21H21F4N3O4S. The lowest BCUT2D eigenvalue weighted by atomic mass is 10.1. The number of hydrogen-bond acceptors (Lipinski definition) is 5. The summed E-state index contributed by atoms with van der Waals surface area (Å²) in [6.45, 7) is 1.20. The number of nitriles is 1. The van der Waals surface area contributed by atoms with E-state index in [1.807, 2.05) is 6.07 Å². The molecule has 1 heterocycles. The molecule has 7 nitrogen and oxygen atoms in total. The molecule has 4 rings (SSSR count). The number of carbonyl (C=O) groups is 2. The molecule has 3 fully saturated rings. The van der Waals surface area contributed by atoms with Gasteiger partial charge >= 0.3 is 6.18 Å². The van der Waals surface area contributed by atoms with Crippen LogP contribution in [0.5, 0.6) is 0 Å². The normalized spacial score (nSPS) is 25.3. The van der Waals surface area contributed by atoms with Crippen molar-refractivity contribution in [2.24, 2.45) is 5.41 Å². The van der Waals surface area contributed by atoms with Crippen LogP contribution >= 0.6 is 0 Å². The molecule has 1 aromatic carbocycles. The zero-order chi connectivity index (χ0) is 24.4. The summed E-state index contributed by atoms with van der Waals surface area (Å²) >= 11 is 0. The average Bonchev–Trinajstić information content (AvgIpc) is 3.63. The Hall–Kier alpha value is -2.68. The van der Waals surface area contributed by atoms with Gasteiger partial charge in [0.05, 0.1) is 21.8 Å². The van der Waals surface area contributed by atoms with Crippen LogP contribution in [0.3, 0.4) is 0 Å². The van der Waals surface area contributed by atoms with Gasteiger partial charge in [0, 0.05) is 12.0 Å². The molecule has 1 aromatic rings. The molecule has 1 N–H and O–H groups in total. The Kier molecular flexibility index (Phi) is 5.27. The van der Waals surface area contributed by atoms with Gasteiger partial charge in [0.2, 0.25) is 11.8 Å². The van der Waals surface area contributed by atoms with Gasteiger partial charge in [-0.15, -0.1) is 0 Å². The van der Waals surface area contributed by atoms with Crippen molar-refractivity contribution < 1.29 is 35.6 Å². The number of alkyl halides is 3. The van der Waals surface area contributed by atoms with Crippen LogP contribution in [0, 0.1) is 22.6 Å². The lowest BCUT2D eigenvalue weighted by Gasteiger charge is -2.27. The van der Waals surface area contributed by atoms with E-state index in [0.717, 1.165) is 4.90 Å². The first kappa shape index (κ1) is 23.5. The molecule has 0 aromatic heterocycles. The highest BCUT2D eigenvalue weighted by Gasteiger charge is 2.55. The molecule has 12 heteroatoms. The van der Waals surface area contributed by atoms with E-state index >= 15 is 0 Å². The quantitative estimate of drug-likeness (QED) is 0.508. The van der Waals surface area contributed by atoms with Gasteiger partial charge in [-0.05, 0) is 50.3 Å². The molecule has 0 bridgehead atoms. The third-order valence-corrected chi connectivity index (χ3v) is 8.85. The maximum atomic E-state index is 13.5. The summed E-state index contributed by atoms with van der Waals surface area (Å²) in [5.41, 5.74) is -3.45. The van der Waals surface area contributed by atoms with E-state index in [4.69, 9.17) is 0 Å². The lowest BCUT2D eigenvalue weighted by Crippen LogP contribution is -2.50. The van der Waals surface area contributed by atoms with Crippen LogP contribution in [0.25, 0.3) is 0 Å². The zero-order valence-electron chi connectivity index (χ0n) is 17.6. The monoisotopic (exact) mass is 487 g/mol. The van der Waals surface area contributed by atoms with Gasteiger partial charge in [-0.1, -0.05) is 6.92 Å². The van der Waals surface area contributed by atoms with Crippen molar-refractivity contribution >= 4 is 21.7 Å². The Bertz CT molecular complexity index is 1170. The first-order valence-corrected chi connectivity index (χ1v) is 11.9. The van der Waals surface area contributed by atoms with Gasteiger partial charge in [0.1, 0.15) is 17.4 Å². The van der Waals surface area contributed by atoms with Crippen molar-refractivity contribution in [3.8, 4) is 6.07 Å². The fourth-order valence-electron chi connectivity index (χ4n) is 4.10. The van der Waals surface area contributed by atoms with Crippen LogP contribution < -0.4 is 5.32 Å². The minimum Gasteiger partial charge on any atom is -0.336 e. The Labute approximate surface area is 187 Å². The van der Waals surface area contributed by atoms with E-state index in [9.17, 15) is 40.8 Å². The number of halogens is 4. The van der Waals surface area contributed by atoms with Crippen LogP contribution in [-0.2, 0) is 25.6 Å². The molecule has 2 aliphatic carbocycles. The van der Waals surface area contributed by atoms with Gasteiger partial charge in [-0.25, -0.2) is 12.8 Å². The minimum atomic E-state index is -5.12. The third-order valence-electron chi connectivity index (χ3n) is 6.66. The van der Waals surface area contributed by atoms with Crippen LogP contribution in [0.1, 0.15) is 44.6 Å². The number of nitrogens with zero attached hydrogens (tertiary/aromatic N) is 2. The number of sulfone groups is 1. The van der Waals surface area contributed by atoms with E-state index in [1.54, 1.807) is 6.92 Å². The van der Waals surface area contributed by atoms with Crippen molar-refractivity contribution in [3.63, 3.8) is 0 Å². The molecule has 2 atom stereocenters. The maximum absolute atomic E-state index is 13.5. The molecule has 0 spiro atoms. The average molecular weight is 487 g/mol. The molecule has 2 saturated carbocycles. The first-order chi connectivity index (χ1) is 15.2. The number of hydrogen-bond donors (Lipinski definition) is 1. The Morgan fingerprint density at radius 2 is 1.85 bits per heavy atom. The van der Waals surface area contributed by atoms with Crippen LogP contribution in [0.2, 0.25) is 0 Å². The molecule has 1 saturated heterocycles. The number of amides is 2. The number of rotatable bonds is 5. The molecule has 0 unspecified atom stereocenters. The summed E-state index contributed by atoms with van der Waals surface area (Å²) in [5.74, 6) is -2.40. The second-order valence-electron chi connectivity index (χ2n) is 9.26. The summed E-state index contributed by atoms with van der Waals surface area (Å²) in [6.07, 6.45) is -3.62. The Morgan fingerprint density at radius 1 is 1.21 bits per heavy atom. The van der Waals surface area contributed by atoms with Crippen molar-refractivity contribution in [1.29, 1.82) is 5.26 Å². The zero-order valence-corrected chi connectivity index (χ0v) is 18.4. The molecule has 3 aliphatic rings. The molecular weight excluding hydrogens is 466 g/mol. The standard InChI is InChI=1S/C21H21F4N3O4S/c1-19(4-5-19)18(30)28-10-13(9-15(28)17(29)27-20(11-26)6-7-20)33(31,32)16-3-2-12(22)8-14(16)21(23,24)25/h2-3,8,13,15H,4-7,9-10H2,1H3,(H,27,29)/t13-,15+/m1/s1. The fourth-order valence-corrected chi connectivity index (χ4v) is 5.99. The number of likely N-dealkylation sites (tertiary alicyclic amines) is 1. The first-order valence-electron chi connectivity index (χ1n) is 10.4. The molecule has 2 amide bonds. The van der Waals surface area contributed by atoms with Gasteiger partial charge in [0.15, 0.2) is 9.84 Å². The van der Waals surface area contributed by atoms with Crippen LogP contribution in [0.4, 0.5) is 17.6 Å². The second kappa shape index (κ2) is 7.41. The minimum absolute atomic E-state index is 0.115. The van der Waals surface area contributed by atoms with Gasteiger partial charge < -0.3 is 10.2 Å². The summed E-state index contributed by atoms with van der Waals surface area (Å²) < 4.78 is 80.3. The SMILES string of the molecule is CC1(C(=O)N2C[C@H](S(=O)(=O)c3ccc(F)cc3C(F)(F)F)C[C@H]2C(=O)NC2(C#N)CC2)CC1. The van der Waals surface area contributed by atoms with Crippen molar-refractivity contribution in [2.45, 2.75) is 66.9 Å². The van der Waals surface area contributed by atoms with Gasteiger partial charge in [0.25, 0.3) is 0 Å². The summed E-state index contributed by atoms with van der Waals surface area (Å²) in [6, 6.07) is 2.03. The van der Waals surface area contributed by atoms with E-state index in [1.165, 1.54) is 0 Å². The van der Waals surface area contributed by atoms with E-state index in [-0.39, 0.29) is 6.07 Å². The molecule has 178 valence electrons. The topological polar surface area (TPSA) is 107 Å². The smallest absolute Gasteiger partial charge is 0.336 e. The largest absolute Gasteiger partial charge is 0.417 e. The predicted octanol–water partition coefficient (Wildman–Crippen LogP) is 2.56. The summed E-state index contributed by atoms with van der Waals surface area (Å²) in [4.78, 5) is 26.0. The number of carbonyl (C=O) groups excluding carboxylic acids is 2. The number of benzene rings is 1. The lowest BCUT2D eigenvalue weighted by molar-refractivity contribution is -0.142. The predicted molar refractivity (Wildman–Crippen MR) is 106 cm³/mol. The van der Waals surface area contributed by atoms with E-state index < -0.39 is 79.3 Å². The second-order valence-corrected chi connectivity index (χ2v) is 11.5. The maximum Gasteiger partial charge on any atom is 0.417 e. The summed E-state index contributed by atoms with van der Waals surface area (Å²) in [5, 5.41) is 10.3. The van der Waals surface area contributed by atoms with Crippen LogP contribution in [-0.4, -0.2) is 48.5 Å². The Balaban J connectivity index is 1.68. The Morgan fingerprint density at radius 3 is 2.36 bits per heavy atom.